The molecular weight excluding hydrogens is 262 g/mol. The molecule has 19 heavy (non-hydrogen) atoms. The largest absolute Gasteiger partial charge is 0.459 e. The Kier molecular flexibility index (Phi) is 3.96. The van der Waals surface area contributed by atoms with Crippen molar-refractivity contribution in [2.75, 3.05) is 6.54 Å². The normalized spacial score (nSPS) is 11.3. The highest BCUT2D eigenvalue weighted by molar-refractivity contribution is 6.30. The molecule has 0 fully saturated rings. The molecule has 3 nitrogen and oxygen atoms in total. The van der Waals surface area contributed by atoms with E-state index in [-0.39, 0.29) is 11.3 Å². The summed E-state index contributed by atoms with van der Waals surface area (Å²) in [6, 6.07) is 11.0. The molecule has 1 heterocycles. The van der Waals surface area contributed by atoms with E-state index in [4.69, 9.17) is 16.0 Å². The van der Waals surface area contributed by atoms with E-state index >= 15 is 0 Å². The highest BCUT2D eigenvalue weighted by Crippen LogP contribution is 2.23. The monoisotopic (exact) mass is 277 g/mol. The molecule has 1 aromatic carbocycles. The van der Waals surface area contributed by atoms with Crippen molar-refractivity contribution in [1.82, 2.24) is 5.32 Å². The van der Waals surface area contributed by atoms with Crippen LogP contribution in [0.4, 0.5) is 0 Å². The minimum atomic E-state index is -0.202. The third-order valence-corrected chi connectivity index (χ3v) is 3.31. The molecule has 0 aliphatic rings. The van der Waals surface area contributed by atoms with E-state index < -0.39 is 0 Å². The zero-order valence-corrected chi connectivity index (χ0v) is 11.7. The van der Waals surface area contributed by atoms with Crippen LogP contribution in [0, 0.1) is 0 Å². The second-order valence-corrected chi connectivity index (χ2v) is 5.49. The smallest absolute Gasteiger partial charge is 0.287 e. The van der Waals surface area contributed by atoms with Crippen LogP contribution in [0.2, 0.25) is 5.02 Å². The van der Waals surface area contributed by atoms with E-state index in [9.17, 15) is 4.79 Å². The molecule has 0 aliphatic carbocycles. The van der Waals surface area contributed by atoms with Crippen LogP contribution in [0.3, 0.4) is 0 Å². The molecule has 0 spiro atoms. The van der Waals surface area contributed by atoms with Gasteiger partial charge in [-0.2, -0.15) is 0 Å². The van der Waals surface area contributed by atoms with Crippen LogP contribution >= 0.6 is 11.6 Å². The van der Waals surface area contributed by atoms with Crippen LogP contribution in [0.1, 0.15) is 30.0 Å². The van der Waals surface area contributed by atoms with Crippen molar-refractivity contribution in [2.24, 2.45) is 0 Å². The zero-order valence-electron chi connectivity index (χ0n) is 10.9. The highest BCUT2D eigenvalue weighted by atomic mass is 35.5. The summed E-state index contributed by atoms with van der Waals surface area (Å²) in [6.45, 7) is 4.66. The summed E-state index contributed by atoms with van der Waals surface area (Å²) >= 11 is 5.87. The van der Waals surface area contributed by atoms with Crippen molar-refractivity contribution < 1.29 is 9.21 Å². The van der Waals surface area contributed by atoms with Gasteiger partial charge in [-0.15, -0.1) is 0 Å². The molecule has 0 aliphatic heterocycles. The minimum Gasteiger partial charge on any atom is -0.459 e. The number of hydrogen-bond acceptors (Lipinski definition) is 2. The number of halogens is 1. The predicted molar refractivity (Wildman–Crippen MR) is 75.5 cm³/mol. The average Bonchev–Trinajstić information content (AvgIpc) is 2.90. The van der Waals surface area contributed by atoms with Gasteiger partial charge in [-0.25, -0.2) is 0 Å². The summed E-state index contributed by atoms with van der Waals surface area (Å²) in [4.78, 5) is 11.8. The molecule has 1 amide bonds. The van der Waals surface area contributed by atoms with Crippen LogP contribution in [0.5, 0.6) is 0 Å². The highest BCUT2D eigenvalue weighted by Gasteiger charge is 2.22. The first-order valence-electron chi connectivity index (χ1n) is 6.07. The van der Waals surface area contributed by atoms with Gasteiger partial charge in [0.05, 0.1) is 6.26 Å². The summed E-state index contributed by atoms with van der Waals surface area (Å²) in [5.41, 5.74) is 0.948. The van der Waals surface area contributed by atoms with Crippen molar-refractivity contribution in [3.05, 3.63) is 59.0 Å². The van der Waals surface area contributed by atoms with E-state index in [2.05, 4.69) is 19.2 Å². The number of furan rings is 1. The fourth-order valence-electron chi connectivity index (χ4n) is 1.80. The standard InChI is InChI=1S/C15H16ClNO2/c1-15(2,11-5-7-12(16)8-6-11)10-17-14(18)13-4-3-9-19-13/h3-9H,10H2,1-2H3,(H,17,18). The second-order valence-electron chi connectivity index (χ2n) is 5.05. The topological polar surface area (TPSA) is 42.2 Å². The van der Waals surface area contributed by atoms with E-state index in [1.807, 2.05) is 24.3 Å². The molecule has 0 bridgehead atoms. The van der Waals surface area contributed by atoms with Gasteiger partial charge in [0.1, 0.15) is 0 Å². The third-order valence-electron chi connectivity index (χ3n) is 3.06. The van der Waals surface area contributed by atoms with Crippen molar-refractivity contribution in [3.63, 3.8) is 0 Å². The Balaban J connectivity index is 2.01. The number of rotatable bonds is 4. The van der Waals surface area contributed by atoms with Gasteiger partial charge < -0.3 is 9.73 Å². The molecule has 0 saturated heterocycles. The number of nitrogens with one attached hydrogen (secondary N) is 1. The number of carbonyl (C=O) groups is 1. The lowest BCUT2D eigenvalue weighted by Crippen LogP contribution is -2.36. The molecule has 4 heteroatoms. The quantitative estimate of drug-likeness (QED) is 0.927. The van der Waals surface area contributed by atoms with E-state index in [1.54, 1.807) is 12.1 Å². The van der Waals surface area contributed by atoms with Gasteiger partial charge in [-0.3, -0.25) is 4.79 Å². The van der Waals surface area contributed by atoms with E-state index in [0.29, 0.717) is 17.3 Å². The van der Waals surface area contributed by atoms with Gasteiger partial charge in [0.2, 0.25) is 0 Å². The van der Waals surface area contributed by atoms with Crippen molar-refractivity contribution >= 4 is 17.5 Å². The minimum absolute atomic E-state index is 0.174. The first-order chi connectivity index (χ1) is 8.99. The molecule has 100 valence electrons. The first-order valence-corrected chi connectivity index (χ1v) is 6.44. The predicted octanol–water partition coefficient (Wildman–Crippen LogP) is 3.64. The van der Waals surface area contributed by atoms with Gasteiger partial charge in [0.25, 0.3) is 5.91 Å². The van der Waals surface area contributed by atoms with Crippen molar-refractivity contribution in [1.29, 1.82) is 0 Å². The van der Waals surface area contributed by atoms with Crippen LogP contribution in [-0.2, 0) is 5.41 Å². The van der Waals surface area contributed by atoms with Gasteiger partial charge in [-0.05, 0) is 29.8 Å². The molecule has 0 atom stereocenters. The summed E-state index contributed by atoms with van der Waals surface area (Å²) in [5.74, 6) is 0.124. The van der Waals surface area contributed by atoms with Gasteiger partial charge in [0.15, 0.2) is 5.76 Å². The van der Waals surface area contributed by atoms with Crippen molar-refractivity contribution in [3.8, 4) is 0 Å². The number of amides is 1. The molecule has 1 N–H and O–H groups in total. The Morgan fingerprint density at radius 1 is 1.26 bits per heavy atom. The Hall–Kier alpha value is -1.74. The first kappa shape index (κ1) is 13.7. The van der Waals surface area contributed by atoms with Crippen LogP contribution in [0.15, 0.2) is 47.1 Å². The zero-order chi connectivity index (χ0) is 13.9. The van der Waals surface area contributed by atoms with Crippen LogP contribution in [-0.4, -0.2) is 12.5 Å². The third kappa shape index (κ3) is 3.38. The average molecular weight is 278 g/mol. The summed E-state index contributed by atoms with van der Waals surface area (Å²) < 4.78 is 5.05. The van der Waals surface area contributed by atoms with Crippen molar-refractivity contribution in [2.45, 2.75) is 19.3 Å². The number of benzene rings is 1. The van der Waals surface area contributed by atoms with E-state index in [1.165, 1.54) is 6.26 Å². The van der Waals surface area contributed by atoms with E-state index in [0.717, 1.165) is 5.56 Å². The lowest BCUT2D eigenvalue weighted by molar-refractivity contribution is 0.0918. The summed E-state index contributed by atoms with van der Waals surface area (Å²) in [6.07, 6.45) is 1.49. The lowest BCUT2D eigenvalue weighted by Gasteiger charge is -2.25. The summed E-state index contributed by atoms with van der Waals surface area (Å²) in [7, 11) is 0. The maximum Gasteiger partial charge on any atom is 0.287 e. The lowest BCUT2D eigenvalue weighted by atomic mass is 9.84. The molecule has 0 unspecified atom stereocenters. The van der Waals surface area contributed by atoms with Crippen LogP contribution < -0.4 is 5.32 Å². The Labute approximate surface area is 117 Å². The van der Waals surface area contributed by atoms with Crippen LogP contribution in [0.25, 0.3) is 0 Å². The Morgan fingerprint density at radius 2 is 1.95 bits per heavy atom. The number of carbonyl (C=O) groups excluding carboxylic acids is 1. The van der Waals surface area contributed by atoms with Gasteiger partial charge in [-0.1, -0.05) is 37.6 Å². The molecular formula is C15H16ClNO2. The summed E-state index contributed by atoms with van der Waals surface area (Å²) in [5, 5.41) is 3.58. The Morgan fingerprint density at radius 3 is 2.53 bits per heavy atom. The molecule has 2 aromatic rings. The fourth-order valence-corrected chi connectivity index (χ4v) is 1.93. The second kappa shape index (κ2) is 5.49. The number of hydrogen-bond donors (Lipinski definition) is 1. The molecule has 0 saturated carbocycles. The van der Waals surface area contributed by atoms with Gasteiger partial charge in [0, 0.05) is 17.0 Å². The fraction of sp³-hybridized carbons (Fsp3) is 0.267. The van der Waals surface area contributed by atoms with Gasteiger partial charge >= 0.3 is 0 Å². The maximum atomic E-state index is 11.8. The maximum absolute atomic E-state index is 11.8. The SMILES string of the molecule is CC(C)(CNC(=O)c1ccco1)c1ccc(Cl)cc1. The Bertz CT molecular complexity index is 544. The molecule has 0 radical (unpaired) electrons. The molecule has 2 rings (SSSR count). The molecule has 1 aromatic heterocycles.